The number of sulfone groups is 1. The molecule has 0 saturated carbocycles. The Morgan fingerprint density at radius 1 is 1.28 bits per heavy atom. The molecule has 0 aromatic heterocycles. The number of amides is 1. The summed E-state index contributed by atoms with van der Waals surface area (Å²) in [6.45, 7) is 0. The third-order valence-electron chi connectivity index (χ3n) is 3.95. The molecule has 25 heavy (non-hydrogen) atoms. The highest BCUT2D eigenvalue weighted by molar-refractivity contribution is 8.16. The third-order valence-corrected chi connectivity index (χ3v) is 7.16. The van der Waals surface area contributed by atoms with Crippen LogP contribution in [0.1, 0.15) is 12.8 Å². The minimum absolute atomic E-state index is 0.0599. The molecule has 1 aromatic rings. The maximum absolute atomic E-state index is 14.2. The monoisotopic (exact) mass is 386 g/mol. The van der Waals surface area contributed by atoms with E-state index in [1.54, 1.807) is 6.07 Å². The molecule has 2 aliphatic rings. The molecular weight excluding hydrogens is 371 g/mol. The molecule has 1 aromatic carbocycles. The second kappa shape index (κ2) is 6.75. The molecule has 2 heterocycles. The van der Waals surface area contributed by atoms with Gasteiger partial charge in [-0.25, -0.2) is 12.8 Å². The summed E-state index contributed by atoms with van der Waals surface area (Å²) in [5.41, 5.74) is 0.157. The van der Waals surface area contributed by atoms with E-state index in [9.17, 15) is 22.4 Å². The topological polar surface area (TPSA) is 104 Å². The van der Waals surface area contributed by atoms with Crippen molar-refractivity contribution in [2.75, 3.05) is 16.4 Å². The zero-order valence-corrected chi connectivity index (χ0v) is 14.6. The van der Waals surface area contributed by atoms with Crippen molar-refractivity contribution in [3.8, 4) is 0 Å². The van der Waals surface area contributed by atoms with E-state index >= 15 is 0 Å². The predicted octanol–water partition coefficient (Wildman–Crippen LogP) is 1.29. The van der Waals surface area contributed by atoms with Crippen molar-refractivity contribution in [2.45, 2.75) is 24.1 Å². The lowest BCUT2D eigenvalue weighted by Crippen LogP contribution is -2.38. The van der Waals surface area contributed by atoms with Gasteiger partial charge in [0.05, 0.1) is 29.7 Å². The number of rotatable bonds is 4. The average Bonchev–Trinajstić information content (AvgIpc) is 2.97. The largest absolute Gasteiger partial charge is 0.481 e. The van der Waals surface area contributed by atoms with Gasteiger partial charge in [-0.3, -0.25) is 9.59 Å². The van der Waals surface area contributed by atoms with Crippen LogP contribution in [0.3, 0.4) is 0 Å². The number of nitrogens with zero attached hydrogens (tertiary/aromatic N) is 2. The molecule has 1 N–H and O–H groups in total. The van der Waals surface area contributed by atoms with E-state index in [0.29, 0.717) is 0 Å². The van der Waals surface area contributed by atoms with Crippen molar-refractivity contribution in [2.24, 2.45) is 4.99 Å². The molecule has 134 valence electrons. The van der Waals surface area contributed by atoms with Crippen LogP contribution in [-0.4, -0.2) is 53.4 Å². The molecule has 2 aliphatic heterocycles. The molecule has 3 rings (SSSR count). The fourth-order valence-electron chi connectivity index (χ4n) is 2.87. The van der Waals surface area contributed by atoms with Crippen LogP contribution in [0.25, 0.3) is 0 Å². The Hall–Kier alpha value is -1.94. The first-order chi connectivity index (χ1) is 11.8. The average molecular weight is 386 g/mol. The number of benzene rings is 1. The number of para-hydroxylation sites is 1. The summed E-state index contributed by atoms with van der Waals surface area (Å²) in [6, 6.07) is 5.38. The van der Waals surface area contributed by atoms with Gasteiger partial charge in [-0.2, -0.15) is 4.99 Å². The number of carboxylic acid groups (broad SMARTS) is 1. The molecule has 2 saturated heterocycles. The molecular formula is C15H15FN2O5S2. The Morgan fingerprint density at radius 3 is 2.68 bits per heavy atom. The quantitative estimate of drug-likeness (QED) is 0.831. The number of fused-ring (bicyclic) bond motifs is 1. The van der Waals surface area contributed by atoms with E-state index in [0.717, 1.165) is 11.8 Å². The number of hydrogen-bond acceptors (Lipinski definition) is 5. The maximum Gasteiger partial charge on any atom is 0.303 e. The zero-order valence-electron chi connectivity index (χ0n) is 13.0. The van der Waals surface area contributed by atoms with Crippen molar-refractivity contribution in [3.05, 3.63) is 30.1 Å². The van der Waals surface area contributed by atoms with Crippen LogP contribution in [-0.2, 0) is 19.4 Å². The Bertz CT molecular complexity index is 855. The normalized spacial score (nSPS) is 26.0. The number of carbonyl (C=O) groups is 2. The van der Waals surface area contributed by atoms with E-state index in [4.69, 9.17) is 5.11 Å². The summed E-state index contributed by atoms with van der Waals surface area (Å²) in [7, 11) is -3.24. The summed E-state index contributed by atoms with van der Waals surface area (Å²) in [4.78, 5) is 27.9. The van der Waals surface area contributed by atoms with E-state index in [1.807, 2.05) is 0 Å². The van der Waals surface area contributed by atoms with E-state index < -0.39 is 33.6 Å². The molecule has 0 aliphatic carbocycles. The van der Waals surface area contributed by atoms with Crippen LogP contribution in [0.5, 0.6) is 0 Å². The summed E-state index contributed by atoms with van der Waals surface area (Å²) in [5.74, 6) is -2.48. The Morgan fingerprint density at radius 2 is 2.00 bits per heavy atom. The number of aliphatic carboxylic acids is 1. The number of hydrogen-bond donors (Lipinski definition) is 1. The smallest absolute Gasteiger partial charge is 0.303 e. The van der Waals surface area contributed by atoms with Gasteiger partial charge in [-0.05, 0) is 12.1 Å². The van der Waals surface area contributed by atoms with Gasteiger partial charge in [0.2, 0.25) is 5.91 Å². The van der Waals surface area contributed by atoms with Crippen LogP contribution in [0.15, 0.2) is 29.3 Å². The SMILES string of the molecule is O=C(O)CCC(=O)N=C1S[C@H]2CS(=O)(=O)C[C@H]2N1c1ccccc1F. The lowest BCUT2D eigenvalue weighted by Gasteiger charge is -2.24. The van der Waals surface area contributed by atoms with Gasteiger partial charge >= 0.3 is 5.97 Å². The molecule has 0 radical (unpaired) electrons. The number of amidine groups is 1. The lowest BCUT2D eigenvalue weighted by atomic mass is 10.2. The molecule has 1 amide bonds. The first-order valence-corrected chi connectivity index (χ1v) is 10.2. The lowest BCUT2D eigenvalue weighted by molar-refractivity contribution is -0.138. The highest BCUT2D eigenvalue weighted by Crippen LogP contribution is 2.41. The number of thioether (sulfide) groups is 1. The van der Waals surface area contributed by atoms with Gasteiger partial charge in [0.1, 0.15) is 5.82 Å². The van der Waals surface area contributed by atoms with Gasteiger partial charge in [0.15, 0.2) is 15.0 Å². The zero-order chi connectivity index (χ0) is 18.2. The van der Waals surface area contributed by atoms with Crippen LogP contribution in [0, 0.1) is 5.82 Å². The summed E-state index contributed by atoms with van der Waals surface area (Å²) in [5, 5.41) is 8.52. The Kier molecular flexibility index (Phi) is 4.83. The van der Waals surface area contributed by atoms with E-state index in [1.165, 1.54) is 23.1 Å². The van der Waals surface area contributed by atoms with Gasteiger partial charge in [0.25, 0.3) is 0 Å². The van der Waals surface area contributed by atoms with Crippen LogP contribution < -0.4 is 4.90 Å². The van der Waals surface area contributed by atoms with Crippen molar-refractivity contribution < 1.29 is 27.5 Å². The van der Waals surface area contributed by atoms with Crippen LogP contribution in [0.4, 0.5) is 10.1 Å². The number of carboxylic acids is 1. The summed E-state index contributed by atoms with van der Waals surface area (Å²) >= 11 is 1.12. The van der Waals surface area contributed by atoms with E-state index in [2.05, 4.69) is 4.99 Å². The van der Waals surface area contributed by atoms with Crippen LogP contribution >= 0.6 is 11.8 Å². The second-order valence-corrected chi connectivity index (χ2v) is 9.16. The second-order valence-electron chi connectivity index (χ2n) is 5.80. The van der Waals surface area contributed by atoms with Gasteiger partial charge in [-0.15, -0.1) is 0 Å². The maximum atomic E-state index is 14.2. The standard InChI is InChI=1S/C15H15FN2O5S2/c16-9-3-1-2-4-10(9)18-11-7-25(22,23)8-12(11)24-15(18)17-13(19)5-6-14(20)21/h1-4,11-12H,5-8H2,(H,20,21)/t11-,12+/m1/s1. The third kappa shape index (κ3) is 3.84. The number of anilines is 1. The van der Waals surface area contributed by atoms with Gasteiger partial charge in [0, 0.05) is 11.7 Å². The van der Waals surface area contributed by atoms with Crippen molar-refractivity contribution in [1.29, 1.82) is 0 Å². The molecule has 2 fully saturated rings. The van der Waals surface area contributed by atoms with Gasteiger partial charge in [-0.1, -0.05) is 23.9 Å². The van der Waals surface area contributed by atoms with Crippen molar-refractivity contribution >= 4 is 44.3 Å². The first-order valence-electron chi connectivity index (χ1n) is 7.51. The molecule has 10 heteroatoms. The molecule has 0 unspecified atom stereocenters. The summed E-state index contributed by atoms with van der Waals surface area (Å²) in [6.07, 6.45) is -0.612. The van der Waals surface area contributed by atoms with Crippen molar-refractivity contribution in [1.82, 2.24) is 0 Å². The van der Waals surface area contributed by atoms with E-state index in [-0.39, 0.29) is 40.5 Å². The highest BCUT2D eigenvalue weighted by atomic mass is 32.2. The number of carbonyl (C=O) groups excluding carboxylic acids is 1. The van der Waals surface area contributed by atoms with Crippen molar-refractivity contribution in [3.63, 3.8) is 0 Å². The minimum Gasteiger partial charge on any atom is -0.481 e. The fourth-order valence-corrected chi connectivity index (χ4v) is 6.79. The predicted molar refractivity (Wildman–Crippen MR) is 92.0 cm³/mol. The molecule has 2 atom stereocenters. The fraction of sp³-hybridized carbons (Fsp3) is 0.400. The molecule has 0 spiro atoms. The van der Waals surface area contributed by atoms with Crippen LogP contribution in [0.2, 0.25) is 0 Å². The highest BCUT2D eigenvalue weighted by Gasteiger charge is 2.49. The Labute approximate surface area is 147 Å². The molecule has 7 nitrogen and oxygen atoms in total. The van der Waals surface area contributed by atoms with Gasteiger partial charge < -0.3 is 10.0 Å². The molecule has 0 bridgehead atoms. The number of aliphatic imine (C=N–C) groups is 1. The number of halogens is 1. The first kappa shape index (κ1) is 17.9. The minimum atomic E-state index is -3.24. The summed E-state index contributed by atoms with van der Waals surface area (Å²) < 4.78 is 38.1. The Balaban J connectivity index is 1.94.